The molecular weight excluding hydrogens is 727 g/mol. The minimum atomic E-state index is 0.911. The van der Waals surface area contributed by atoms with Gasteiger partial charge < -0.3 is 9.32 Å². The molecule has 0 aliphatic carbocycles. The van der Waals surface area contributed by atoms with E-state index in [9.17, 15) is 0 Å². The number of hydrogen-bond acceptors (Lipinski definition) is 2. The van der Waals surface area contributed by atoms with E-state index in [-0.39, 0.29) is 0 Å². The molecule has 1 aromatic heterocycles. The van der Waals surface area contributed by atoms with Gasteiger partial charge in [-0.15, -0.1) is 0 Å². The summed E-state index contributed by atoms with van der Waals surface area (Å²) in [5, 5.41) is 12.2. The number of rotatable bonds is 6. The van der Waals surface area contributed by atoms with Crippen molar-refractivity contribution < 1.29 is 4.42 Å². The Bertz CT molecular complexity index is 3550. The SMILES string of the molecule is c1ccc(-c2ccc(N(c3ccc(-c4cccc5ccccc45)cc3)c3ccccc3-c3cccc4c5ccc6oc7ccccc7c6c5c5ccccc5c34)cc2)cc1. The predicted molar refractivity (Wildman–Crippen MR) is 255 cm³/mol. The molecule has 0 atom stereocenters. The van der Waals surface area contributed by atoms with Crippen molar-refractivity contribution in [3.05, 3.63) is 224 Å². The molecule has 12 aromatic rings. The van der Waals surface area contributed by atoms with Gasteiger partial charge in [0.15, 0.2) is 0 Å². The lowest BCUT2D eigenvalue weighted by atomic mass is 9.87. The van der Waals surface area contributed by atoms with Crippen LogP contribution in [0.15, 0.2) is 229 Å². The fourth-order valence-corrected chi connectivity index (χ4v) is 9.56. The van der Waals surface area contributed by atoms with Crippen molar-refractivity contribution in [3.8, 4) is 33.4 Å². The fourth-order valence-electron chi connectivity index (χ4n) is 9.56. The minimum absolute atomic E-state index is 0.911. The van der Waals surface area contributed by atoms with Gasteiger partial charge in [0.25, 0.3) is 0 Å². The second-order valence-corrected chi connectivity index (χ2v) is 15.6. The molecule has 0 fully saturated rings. The first-order valence-corrected chi connectivity index (χ1v) is 20.6. The summed E-state index contributed by atoms with van der Waals surface area (Å²) >= 11 is 0. The molecule has 0 saturated carbocycles. The molecule has 0 bridgehead atoms. The molecule has 1 heterocycles. The monoisotopic (exact) mass is 763 g/mol. The molecule has 2 nitrogen and oxygen atoms in total. The van der Waals surface area contributed by atoms with Crippen LogP contribution in [0.25, 0.3) is 98.4 Å². The zero-order chi connectivity index (χ0) is 39.6. The van der Waals surface area contributed by atoms with Gasteiger partial charge in [-0.2, -0.15) is 0 Å². The average Bonchev–Trinajstić information content (AvgIpc) is 3.71. The molecular formula is C58H37NO. The third-order valence-corrected chi connectivity index (χ3v) is 12.3. The van der Waals surface area contributed by atoms with Gasteiger partial charge in [0.1, 0.15) is 11.2 Å². The van der Waals surface area contributed by atoms with E-state index in [1.807, 2.05) is 6.07 Å². The van der Waals surface area contributed by atoms with Crippen LogP contribution in [0.1, 0.15) is 0 Å². The zero-order valence-electron chi connectivity index (χ0n) is 32.7. The topological polar surface area (TPSA) is 16.4 Å². The molecule has 0 amide bonds. The van der Waals surface area contributed by atoms with E-state index in [0.717, 1.165) is 39.2 Å². The first kappa shape index (κ1) is 34.1. The first-order valence-electron chi connectivity index (χ1n) is 20.6. The summed E-state index contributed by atoms with van der Waals surface area (Å²) in [6.45, 7) is 0. The lowest BCUT2D eigenvalue weighted by Crippen LogP contribution is -2.11. The molecule has 2 heteroatoms. The molecule has 11 aromatic carbocycles. The highest BCUT2D eigenvalue weighted by Crippen LogP contribution is 2.48. The zero-order valence-corrected chi connectivity index (χ0v) is 32.7. The Hall–Kier alpha value is -7.94. The summed E-state index contributed by atoms with van der Waals surface area (Å²) in [6, 6.07) is 81.2. The summed E-state index contributed by atoms with van der Waals surface area (Å²) < 4.78 is 6.42. The first-order chi connectivity index (χ1) is 29.8. The van der Waals surface area contributed by atoms with Crippen LogP contribution in [0.4, 0.5) is 17.1 Å². The van der Waals surface area contributed by atoms with Crippen molar-refractivity contribution in [2.75, 3.05) is 4.90 Å². The number of fused-ring (bicyclic) bond motifs is 11. The molecule has 0 unspecified atom stereocenters. The number of hydrogen-bond donors (Lipinski definition) is 0. The summed E-state index contributed by atoms with van der Waals surface area (Å²) in [5.74, 6) is 0. The van der Waals surface area contributed by atoms with E-state index in [1.54, 1.807) is 0 Å². The molecule has 0 radical (unpaired) electrons. The number of para-hydroxylation sites is 2. The number of furan rings is 1. The molecule has 12 rings (SSSR count). The van der Waals surface area contributed by atoms with Crippen molar-refractivity contribution in [2.24, 2.45) is 0 Å². The largest absolute Gasteiger partial charge is 0.456 e. The lowest BCUT2D eigenvalue weighted by Gasteiger charge is -2.29. The van der Waals surface area contributed by atoms with Crippen LogP contribution in [0.2, 0.25) is 0 Å². The minimum Gasteiger partial charge on any atom is -0.456 e. The van der Waals surface area contributed by atoms with E-state index in [1.165, 1.54) is 76.3 Å². The molecule has 0 N–H and O–H groups in total. The van der Waals surface area contributed by atoms with Crippen molar-refractivity contribution in [1.29, 1.82) is 0 Å². The maximum Gasteiger partial charge on any atom is 0.136 e. The normalized spacial score (nSPS) is 11.7. The van der Waals surface area contributed by atoms with Crippen LogP contribution in [0, 0.1) is 0 Å². The lowest BCUT2D eigenvalue weighted by molar-refractivity contribution is 0.669. The summed E-state index contributed by atoms with van der Waals surface area (Å²) in [6.07, 6.45) is 0. The van der Waals surface area contributed by atoms with Crippen molar-refractivity contribution in [1.82, 2.24) is 0 Å². The van der Waals surface area contributed by atoms with Crippen LogP contribution in [0.3, 0.4) is 0 Å². The van der Waals surface area contributed by atoms with Gasteiger partial charge in [-0.3, -0.25) is 0 Å². The molecule has 0 aliphatic rings. The maximum atomic E-state index is 6.42. The molecule has 60 heavy (non-hydrogen) atoms. The van der Waals surface area contributed by atoms with Gasteiger partial charge in [-0.1, -0.05) is 176 Å². The summed E-state index contributed by atoms with van der Waals surface area (Å²) in [7, 11) is 0. The van der Waals surface area contributed by atoms with E-state index in [4.69, 9.17) is 4.42 Å². The van der Waals surface area contributed by atoms with Crippen LogP contribution >= 0.6 is 0 Å². The smallest absolute Gasteiger partial charge is 0.136 e. The van der Waals surface area contributed by atoms with Crippen LogP contribution in [0.5, 0.6) is 0 Å². The second kappa shape index (κ2) is 13.9. The third kappa shape index (κ3) is 5.42. The van der Waals surface area contributed by atoms with E-state index < -0.39 is 0 Å². The number of anilines is 3. The summed E-state index contributed by atoms with van der Waals surface area (Å²) in [5.41, 5.74) is 12.3. The van der Waals surface area contributed by atoms with Gasteiger partial charge >= 0.3 is 0 Å². The quantitative estimate of drug-likeness (QED) is 0.157. The van der Waals surface area contributed by atoms with Gasteiger partial charge in [0, 0.05) is 33.1 Å². The Labute approximate surface area is 347 Å². The predicted octanol–water partition coefficient (Wildman–Crippen LogP) is 16.7. The highest BCUT2D eigenvalue weighted by Gasteiger charge is 2.22. The average molecular weight is 764 g/mol. The maximum absolute atomic E-state index is 6.42. The molecule has 0 spiro atoms. The second-order valence-electron chi connectivity index (χ2n) is 15.6. The van der Waals surface area contributed by atoms with Crippen LogP contribution in [-0.2, 0) is 0 Å². The van der Waals surface area contributed by atoms with Gasteiger partial charge in [0.2, 0.25) is 0 Å². The summed E-state index contributed by atoms with van der Waals surface area (Å²) in [4.78, 5) is 2.42. The molecule has 0 aliphatic heterocycles. The highest BCUT2D eigenvalue weighted by molar-refractivity contribution is 6.36. The Kier molecular flexibility index (Phi) is 7.89. The Balaban J connectivity index is 1.08. The van der Waals surface area contributed by atoms with Crippen molar-refractivity contribution >= 4 is 82.1 Å². The molecule has 280 valence electrons. The number of nitrogens with zero attached hydrogens (tertiary/aromatic N) is 1. The van der Waals surface area contributed by atoms with Crippen molar-refractivity contribution in [3.63, 3.8) is 0 Å². The highest BCUT2D eigenvalue weighted by atomic mass is 16.3. The standard InChI is InChI=1S/C58H37NO/c1-2-14-38(15-3-1)39-28-32-42(33-29-39)59(43-34-30-41(31-35-43)45-23-12-17-40-16-4-5-18-44(40)45)53-26-10-8-19-46(53)47-24-13-25-49-51-36-37-55-58(52-22-9-11-27-54(52)60-55)57(51)50-21-7-6-20-48(50)56(47)49/h1-37H. The van der Waals surface area contributed by atoms with Gasteiger partial charge in [-0.25, -0.2) is 0 Å². The van der Waals surface area contributed by atoms with Gasteiger partial charge in [0.05, 0.1) is 5.69 Å². The van der Waals surface area contributed by atoms with E-state index in [0.29, 0.717) is 0 Å². The van der Waals surface area contributed by atoms with Crippen LogP contribution < -0.4 is 4.90 Å². The van der Waals surface area contributed by atoms with Crippen LogP contribution in [-0.4, -0.2) is 0 Å². The van der Waals surface area contributed by atoms with E-state index in [2.05, 4.69) is 223 Å². The molecule has 0 saturated heterocycles. The van der Waals surface area contributed by atoms with Crippen molar-refractivity contribution in [2.45, 2.75) is 0 Å². The third-order valence-electron chi connectivity index (χ3n) is 12.3. The Morgan fingerprint density at radius 3 is 1.57 bits per heavy atom. The fraction of sp³-hybridized carbons (Fsp3) is 0. The Morgan fingerprint density at radius 2 is 0.783 bits per heavy atom. The van der Waals surface area contributed by atoms with Gasteiger partial charge in [-0.05, 0) is 114 Å². The van der Waals surface area contributed by atoms with E-state index >= 15 is 0 Å². The number of benzene rings is 11. The Morgan fingerprint density at radius 1 is 0.267 bits per heavy atom.